The van der Waals surface area contributed by atoms with Crippen LogP contribution in [0.25, 0.3) is 0 Å². The highest BCUT2D eigenvalue weighted by Crippen LogP contribution is 2.36. The predicted octanol–water partition coefficient (Wildman–Crippen LogP) is 0.964. The van der Waals surface area contributed by atoms with Gasteiger partial charge in [0, 0.05) is 11.8 Å². The number of carbonyl (C=O) groups is 2. The monoisotopic (exact) mass is 165 g/mol. The van der Waals surface area contributed by atoms with Gasteiger partial charge in [0.25, 0.3) is 0 Å². The van der Waals surface area contributed by atoms with Crippen molar-refractivity contribution in [3.63, 3.8) is 0 Å². The summed E-state index contributed by atoms with van der Waals surface area (Å²) in [6.07, 6.45) is 3.70. The van der Waals surface area contributed by atoms with Crippen molar-refractivity contribution in [3.05, 3.63) is 0 Å². The van der Waals surface area contributed by atoms with Gasteiger partial charge in [-0.05, 0) is 12.8 Å². The van der Waals surface area contributed by atoms with Gasteiger partial charge in [0.05, 0.1) is 0 Å². The maximum absolute atomic E-state index is 11.3. The van der Waals surface area contributed by atoms with E-state index in [1.54, 1.807) is 0 Å². The maximum atomic E-state index is 11.3. The third kappa shape index (κ3) is 0.854. The van der Waals surface area contributed by atoms with Crippen LogP contribution in [0, 0.1) is 17.2 Å². The third-order valence-electron chi connectivity index (χ3n) is 2.93. The molecule has 0 radical (unpaired) electrons. The average molecular weight is 165 g/mol. The minimum atomic E-state index is -0.244. The summed E-state index contributed by atoms with van der Waals surface area (Å²) in [5.41, 5.74) is -0.244. The molecule has 2 fully saturated rings. The zero-order valence-electron chi connectivity index (χ0n) is 6.80. The van der Waals surface area contributed by atoms with Crippen LogP contribution in [0.15, 0.2) is 0 Å². The molecule has 2 saturated carbocycles. The number of fused-ring (bicyclic) bond motifs is 1. The Kier molecular flexibility index (Phi) is 1.60. The first kappa shape index (κ1) is 7.65. The van der Waals surface area contributed by atoms with Crippen molar-refractivity contribution in [2.75, 3.05) is 0 Å². The Morgan fingerprint density at radius 3 is 1.83 bits per heavy atom. The molecule has 0 aromatic rings. The van der Waals surface area contributed by atoms with Crippen molar-refractivity contribution >= 4 is 17.3 Å². The molecular formula is C9H11NO2. The Morgan fingerprint density at radius 2 is 1.42 bits per heavy atom. The molecule has 2 aliphatic carbocycles. The topological polar surface area (TPSA) is 58.0 Å². The largest absolute Gasteiger partial charge is 0.294 e. The Balaban J connectivity index is 2.31. The van der Waals surface area contributed by atoms with E-state index in [1.165, 1.54) is 0 Å². The highest BCUT2D eigenvalue weighted by molar-refractivity contribution is 6.69. The van der Waals surface area contributed by atoms with Crippen molar-refractivity contribution in [1.29, 1.82) is 5.41 Å². The number of ketones is 2. The molecule has 3 heteroatoms. The lowest BCUT2D eigenvalue weighted by Crippen LogP contribution is -2.21. The molecule has 2 rings (SSSR count). The highest BCUT2D eigenvalue weighted by atomic mass is 16.2. The third-order valence-corrected chi connectivity index (χ3v) is 2.93. The highest BCUT2D eigenvalue weighted by Gasteiger charge is 2.46. The Hall–Kier alpha value is -0.990. The van der Waals surface area contributed by atoms with E-state index < -0.39 is 0 Å². The van der Waals surface area contributed by atoms with E-state index in [4.69, 9.17) is 5.41 Å². The molecule has 0 amide bonds. The number of nitrogens with one attached hydrogen (secondary N) is 1. The number of hydrogen-bond donors (Lipinski definition) is 1. The zero-order chi connectivity index (χ0) is 8.72. The van der Waals surface area contributed by atoms with E-state index in [-0.39, 0.29) is 29.1 Å². The van der Waals surface area contributed by atoms with Crippen LogP contribution in [-0.2, 0) is 9.59 Å². The minimum Gasteiger partial charge on any atom is -0.294 e. The van der Waals surface area contributed by atoms with E-state index in [0.29, 0.717) is 0 Å². The Bertz CT molecular complexity index is 244. The van der Waals surface area contributed by atoms with Crippen LogP contribution in [0.3, 0.4) is 0 Å². The SMILES string of the molecule is N=C1C(=O)C2CCCCC2C1=O. The smallest absolute Gasteiger partial charge is 0.187 e. The molecule has 2 aliphatic rings. The maximum Gasteiger partial charge on any atom is 0.187 e. The molecule has 2 atom stereocenters. The molecule has 3 nitrogen and oxygen atoms in total. The van der Waals surface area contributed by atoms with Gasteiger partial charge in [-0.1, -0.05) is 12.8 Å². The van der Waals surface area contributed by atoms with E-state index in [1.807, 2.05) is 0 Å². The van der Waals surface area contributed by atoms with Gasteiger partial charge in [-0.25, -0.2) is 0 Å². The van der Waals surface area contributed by atoms with Crippen molar-refractivity contribution in [3.8, 4) is 0 Å². The summed E-state index contributed by atoms with van der Waals surface area (Å²) in [7, 11) is 0. The van der Waals surface area contributed by atoms with Crippen molar-refractivity contribution in [1.82, 2.24) is 0 Å². The van der Waals surface area contributed by atoms with Gasteiger partial charge in [-0.3, -0.25) is 15.0 Å². The number of hydrogen-bond acceptors (Lipinski definition) is 3. The lowest BCUT2D eigenvalue weighted by atomic mass is 9.81. The van der Waals surface area contributed by atoms with Crippen LogP contribution in [0.1, 0.15) is 25.7 Å². The Labute approximate surface area is 70.7 Å². The molecule has 0 aromatic heterocycles. The summed E-state index contributed by atoms with van der Waals surface area (Å²) in [5, 5.41) is 7.26. The predicted molar refractivity (Wildman–Crippen MR) is 43.2 cm³/mol. The summed E-state index contributed by atoms with van der Waals surface area (Å²) in [6, 6.07) is 0. The Morgan fingerprint density at radius 1 is 1.00 bits per heavy atom. The van der Waals surface area contributed by atoms with Gasteiger partial charge >= 0.3 is 0 Å². The number of rotatable bonds is 0. The molecule has 0 spiro atoms. The second-order valence-electron chi connectivity index (χ2n) is 3.60. The van der Waals surface area contributed by atoms with Crippen LogP contribution in [-0.4, -0.2) is 17.3 Å². The average Bonchev–Trinajstić information content (AvgIpc) is 2.33. The minimum absolute atomic E-state index is 0.126. The van der Waals surface area contributed by atoms with Gasteiger partial charge in [-0.15, -0.1) is 0 Å². The van der Waals surface area contributed by atoms with Crippen molar-refractivity contribution < 1.29 is 9.59 Å². The molecule has 64 valence electrons. The molecular weight excluding hydrogens is 154 g/mol. The van der Waals surface area contributed by atoms with Gasteiger partial charge in [-0.2, -0.15) is 0 Å². The fourth-order valence-electron chi connectivity index (χ4n) is 2.25. The summed E-state index contributed by atoms with van der Waals surface area (Å²) in [6.45, 7) is 0. The first-order valence-electron chi connectivity index (χ1n) is 4.39. The van der Waals surface area contributed by atoms with Crippen molar-refractivity contribution in [2.24, 2.45) is 11.8 Å². The quantitative estimate of drug-likeness (QED) is 0.581. The van der Waals surface area contributed by atoms with Crippen LogP contribution in [0.2, 0.25) is 0 Å². The van der Waals surface area contributed by atoms with Gasteiger partial charge in [0.1, 0.15) is 5.71 Å². The van der Waals surface area contributed by atoms with Crippen LogP contribution < -0.4 is 0 Å². The normalized spacial score (nSPS) is 35.5. The van der Waals surface area contributed by atoms with E-state index in [2.05, 4.69) is 0 Å². The second-order valence-corrected chi connectivity index (χ2v) is 3.60. The fraction of sp³-hybridized carbons (Fsp3) is 0.667. The van der Waals surface area contributed by atoms with E-state index in [0.717, 1.165) is 25.7 Å². The first-order chi connectivity index (χ1) is 5.72. The van der Waals surface area contributed by atoms with Gasteiger partial charge < -0.3 is 0 Å². The first-order valence-corrected chi connectivity index (χ1v) is 4.39. The second kappa shape index (κ2) is 2.51. The van der Waals surface area contributed by atoms with Crippen LogP contribution in [0.5, 0.6) is 0 Å². The number of carbonyl (C=O) groups excluding carboxylic acids is 2. The molecule has 12 heavy (non-hydrogen) atoms. The van der Waals surface area contributed by atoms with Crippen molar-refractivity contribution in [2.45, 2.75) is 25.7 Å². The van der Waals surface area contributed by atoms with E-state index >= 15 is 0 Å². The summed E-state index contributed by atoms with van der Waals surface area (Å²) in [4.78, 5) is 22.6. The van der Waals surface area contributed by atoms with E-state index in [9.17, 15) is 9.59 Å². The summed E-state index contributed by atoms with van der Waals surface area (Å²) in [5.74, 6) is -0.660. The van der Waals surface area contributed by atoms with Gasteiger partial charge in [0.15, 0.2) is 11.6 Å². The fourth-order valence-corrected chi connectivity index (χ4v) is 2.25. The standard InChI is InChI=1S/C9H11NO2/c10-7-8(11)5-3-1-2-4-6(5)9(7)12/h5-6,10H,1-4H2. The number of Topliss-reactive ketones (excluding diaryl/α,β-unsaturated/α-hetero) is 2. The molecule has 0 aromatic carbocycles. The molecule has 2 unspecified atom stereocenters. The lowest BCUT2D eigenvalue weighted by Gasteiger charge is -2.20. The molecule has 0 bridgehead atoms. The van der Waals surface area contributed by atoms with Crippen LogP contribution in [0.4, 0.5) is 0 Å². The van der Waals surface area contributed by atoms with Crippen LogP contribution >= 0.6 is 0 Å². The lowest BCUT2D eigenvalue weighted by molar-refractivity contribution is -0.120. The molecule has 0 heterocycles. The summed E-state index contributed by atoms with van der Waals surface area (Å²) >= 11 is 0. The molecule has 0 aliphatic heterocycles. The molecule has 0 saturated heterocycles. The molecule has 1 N–H and O–H groups in total. The zero-order valence-corrected chi connectivity index (χ0v) is 6.80. The van der Waals surface area contributed by atoms with Gasteiger partial charge in [0.2, 0.25) is 0 Å². The summed E-state index contributed by atoms with van der Waals surface area (Å²) < 4.78 is 0.